The van der Waals surface area contributed by atoms with Gasteiger partial charge in [0.25, 0.3) is 0 Å². The quantitative estimate of drug-likeness (QED) is 0.722. The molecule has 0 aromatic rings. The van der Waals surface area contributed by atoms with Crippen LogP contribution in [0.25, 0.3) is 0 Å². The summed E-state index contributed by atoms with van der Waals surface area (Å²) in [6, 6.07) is 0. The monoisotopic (exact) mass is 219 g/mol. The van der Waals surface area contributed by atoms with Gasteiger partial charge in [-0.3, -0.25) is 0 Å². The zero-order chi connectivity index (χ0) is 11.0. The highest BCUT2D eigenvalue weighted by Crippen LogP contribution is 2.31. The fraction of sp³-hybridized carbons (Fsp3) is 1.00. The first-order chi connectivity index (χ1) is 6.18. The van der Waals surface area contributed by atoms with E-state index >= 15 is 0 Å². The van der Waals surface area contributed by atoms with Gasteiger partial charge in [-0.15, -0.1) is 0 Å². The summed E-state index contributed by atoms with van der Waals surface area (Å²) >= 11 is 0. The van der Waals surface area contributed by atoms with Gasteiger partial charge in [0.1, 0.15) is 0 Å². The summed E-state index contributed by atoms with van der Waals surface area (Å²) in [5.74, 6) is 0.618. The minimum Gasteiger partial charge on any atom is -0.213 e. The number of nitrogens with zero attached hydrogens (tertiary/aromatic N) is 1. The molecule has 0 aromatic heterocycles. The van der Waals surface area contributed by atoms with E-state index in [1.807, 2.05) is 0 Å². The van der Waals surface area contributed by atoms with Crippen molar-refractivity contribution in [2.24, 2.45) is 11.3 Å². The summed E-state index contributed by atoms with van der Waals surface area (Å²) in [7, 11) is -3.02. The van der Waals surface area contributed by atoms with E-state index in [-0.39, 0.29) is 5.41 Å². The summed E-state index contributed by atoms with van der Waals surface area (Å²) in [6.45, 7) is 7.55. The second kappa shape index (κ2) is 3.81. The SMILES string of the molecule is CC(C)(C)CN(CC1CC1)S(C)(=O)=O. The summed E-state index contributed by atoms with van der Waals surface area (Å²) < 4.78 is 24.6. The third kappa shape index (κ3) is 4.42. The van der Waals surface area contributed by atoms with Gasteiger partial charge >= 0.3 is 0 Å². The molecule has 0 radical (unpaired) electrons. The van der Waals surface area contributed by atoms with Crippen LogP contribution < -0.4 is 0 Å². The second-order valence-electron chi connectivity index (χ2n) is 5.56. The molecule has 0 N–H and O–H groups in total. The highest BCUT2D eigenvalue weighted by atomic mass is 32.2. The van der Waals surface area contributed by atoms with E-state index in [1.165, 1.54) is 19.1 Å². The first-order valence-electron chi connectivity index (χ1n) is 5.13. The van der Waals surface area contributed by atoms with Crippen molar-refractivity contribution < 1.29 is 8.42 Å². The maximum atomic E-state index is 11.5. The molecule has 0 bridgehead atoms. The van der Waals surface area contributed by atoms with Gasteiger partial charge in [0, 0.05) is 13.1 Å². The van der Waals surface area contributed by atoms with E-state index < -0.39 is 10.0 Å². The molecule has 0 aromatic carbocycles. The van der Waals surface area contributed by atoms with Crippen LogP contribution in [0.2, 0.25) is 0 Å². The Balaban J connectivity index is 2.61. The Bertz CT molecular complexity index is 286. The first-order valence-corrected chi connectivity index (χ1v) is 6.98. The zero-order valence-corrected chi connectivity index (χ0v) is 10.4. The molecule has 0 spiro atoms. The van der Waals surface area contributed by atoms with Crippen LogP contribution in [0.15, 0.2) is 0 Å². The van der Waals surface area contributed by atoms with Crippen molar-refractivity contribution in [3.8, 4) is 0 Å². The van der Waals surface area contributed by atoms with Crippen molar-refractivity contribution in [3.05, 3.63) is 0 Å². The number of sulfonamides is 1. The lowest BCUT2D eigenvalue weighted by atomic mass is 9.97. The smallest absolute Gasteiger partial charge is 0.211 e. The lowest BCUT2D eigenvalue weighted by Gasteiger charge is -2.28. The third-order valence-corrected chi connectivity index (χ3v) is 3.49. The summed E-state index contributed by atoms with van der Waals surface area (Å²) in [5, 5.41) is 0. The van der Waals surface area contributed by atoms with Gasteiger partial charge in [-0.05, 0) is 24.2 Å². The van der Waals surface area contributed by atoms with Crippen molar-refractivity contribution in [2.75, 3.05) is 19.3 Å². The first kappa shape index (κ1) is 12.0. The molecule has 0 unspecified atom stereocenters. The number of hydrogen-bond acceptors (Lipinski definition) is 2. The van der Waals surface area contributed by atoms with Gasteiger partial charge in [-0.1, -0.05) is 20.8 Å². The van der Waals surface area contributed by atoms with Crippen molar-refractivity contribution in [2.45, 2.75) is 33.6 Å². The second-order valence-corrected chi connectivity index (χ2v) is 7.54. The van der Waals surface area contributed by atoms with Crippen LogP contribution in [0.5, 0.6) is 0 Å². The molecule has 0 amide bonds. The summed E-state index contributed by atoms with van der Waals surface area (Å²) in [5.41, 5.74) is 0.0397. The molecular formula is C10H21NO2S. The van der Waals surface area contributed by atoms with Crippen molar-refractivity contribution in [1.82, 2.24) is 4.31 Å². The maximum absolute atomic E-state index is 11.5. The van der Waals surface area contributed by atoms with Gasteiger partial charge in [0.2, 0.25) is 10.0 Å². The minimum absolute atomic E-state index is 0.0397. The molecule has 14 heavy (non-hydrogen) atoms. The van der Waals surface area contributed by atoms with Crippen LogP contribution in [0, 0.1) is 11.3 Å². The standard InChI is InChI=1S/C10H21NO2S/c1-10(2,3)8-11(14(4,12)13)7-9-5-6-9/h9H,5-8H2,1-4H3. The molecule has 0 aliphatic heterocycles. The molecule has 4 heteroatoms. The maximum Gasteiger partial charge on any atom is 0.211 e. The predicted octanol–water partition coefficient (Wildman–Crippen LogP) is 1.70. The summed E-state index contributed by atoms with van der Waals surface area (Å²) in [4.78, 5) is 0. The van der Waals surface area contributed by atoms with Crippen LogP contribution in [0.4, 0.5) is 0 Å². The van der Waals surface area contributed by atoms with E-state index in [2.05, 4.69) is 20.8 Å². The Labute approximate surface area is 87.5 Å². The Morgan fingerprint density at radius 1 is 1.29 bits per heavy atom. The highest BCUT2D eigenvalue weighted by Gasteiger charge is 2.30. The zero-order valence-electron chi connectivity index (χ0n) is 9.58. The average molecular weight is 219 g/mol. The molecular weight excluding hydrogens is 198 g/mol. The third-order valence-electron chi connectivity index (χ3n) is 2.28. The van der Waals surface area contributed by atoms with Crippen LogP contribution in [0.3, 0.4) is 0 Å². The van der Waals surface area contributed by atoms with E-state index in [4.69, 9.17) is 0 Å². The number of rotatable bonds is 4. The van der Waals surface area contributed by atoms with E-state index in [0.717, 1.165) is 6.54 Å². The lowest BCUT2D eigenvalue weighted by Crippen LogP contribution is -2.38. The molecule has 0 atom stereocenters. The van der Waals surface area contributed by atoms with Gasteiger partial charge in [-0.2, -0.15) is 0 Å². The van der Waals surface area contributed by atoms with Crippen molar-refractivity contribution in [3.63, 3.8) is 0 Å². The normalized spacial score (nSPS) is 18.9. The van der Waals surface area contributed by atoms with Crippen LogP contribution in [0.1, 0.15) is 33.6 Å². The van der Waals surface area contributed by atoms with Gasteiger partial charge in [0.05, 0.1) is 6.26 Å². The largest absolute Gasteiger partial charge is 0.213 e. The fourth-order valence-corrected chi connectivity index (χ4v) is 2.54. The molecule has 1 rings (SSSR count). The molecule has 1 aliphatic carbocycles. The molecule has 1 aliphatic rings. The summed E-state index contributed by atoms with van der Waals surface area (Å²) in [6.07, 6.45) is 3.69. The Morgan fingerprint density at radius 3 is 2.07 bits per heavy atom. The minimum atomic E-state index is -3.02. The Morgan fingerprint density at radius 2 is 1.79 bits per heavy atom. The fourth-order valence-electron chi connectivity index (χ4n) is 1.43. The molecule has 3 nitrogen and oxygen atoms in total. The molecule has 1 saturated carbocycles. The topological polar surface area (TPSA) is 37.4 Å². The molecule has 84 valence electrons. The van der Waals surface area contributed by atoms with Gasteiger partial charge in [0.15, 0.2) is 0 Å². The van der Waals surface area contributed by atoms with E-state index in [1.54, 1.807) is 4.31 Å². The average Bonchev–Trinajstić information content (AvgIpc) is 2.64. The van der Waals surface area contributed by atoms with Crippen LogP contribution in [-0.2, 0) is 10.0 Å². The van der Waals surface area contributed by atoms with E-state index in [9.17, 15) is 8.42 Å². The van der Waals surface area contributed by atoms with Gasteiger partial charge in [-0.25, -0.2) is 12.7 Å². The van der Waals surface area contributed by atoms with E-state index in [0.29, 0.717) is 12.5 Å². The lowest BCUT2D eigenvalue weighted by molar-refractivity contribution is 0.276. The predicted molar refractivity (Wildman–Crippen MR) is 58.6 cm³/mol. The Hall–Kier alpha value is -0.0900. The molecule has 0 saturated heterocycles. The highest BCUT2D eigenvalue weighted by molar-refractivity contribution is 7.88. The van der Waals surface area contributed by atoms with Crippen molar-refractivity contribution >= 4 is 10.0 Å². The number of hydrogen-bond donors (Lipinski definition) is 0. The molecule has 1 fully saturated rings. The van der Waals surface area contributed by atoms with Gasteiger partial charge < -0.3 is 0 Å². The van der Waals surface area contributed by atoms with Crippen molar-refractivity contribution in [1.29, 1.82) is 0 Å². The molecule has 0 heterocycles. The van der Waals surface area contributed by atoms with Crippen LogP contribution in [-0.4, -0.2) is 32.1 Å². The Kier molecular flexibility index (Phi) is 3.26. The van der Waals surface area contributed by atoms with Crippen LogP contribution >= 0.6 is 0 Å².